The highest BCUT2D eigenvalue weighted by atomic mass is 35.5. The van der Waals surface area contributed by atoms with Gasteiger partial charge in [-0.25, -0.2) is 0 Å². The summed E-state index contributed by atoms with van der Waals surface area (Å²) in [5.41, 5.74) is 5.74. The zero-order chi connectivity index (χ0) is 17.6. The first kappa shape index (κ1) is 17.4. The van der Waals surface area contributed by atoms with Gasteiger partial charge in [-0.3, -0.25) is 5.43 Å². The summed E-state index contributed by atoms with van der Waals surface area (Å²) in [4.78, 5) is 0. The molecule has 1 heterocycles. The molecule has 0 bridgehead atoms. The van der Waals surface area contributed by atoms with Crippen LogP contribution in [0.15, 0.2) is 47.6 Å². The Labute approximate surface area is 155 Å². The van der Waals surface area contributed by atoms with Crippen molar-refractivity contribution in [3.8, 4) is 5.69 Å². The quantitative estimate of drug-likeness (QED) is 0.519. The van der Waals surface area contributed by atoms with Crippen LogP contribution in [0, 0.1) is 0 Å². The fourth-order valence-corrected chi connectivity index (χ4v) is 2.68. The molecule has 2 aromatic carbocycles. The van der Waals surface area contributed by atoms with Crippen molar-refractivity contribution in [1.82, 2.24) is 20.2 Å². The molecular weight excluding hydrogens is 359 g/mol. The van der Waals surface area contributed by atoms with Crippen LogP contribution in [-0.2, 0) is 12.8 Å². The lowest BCUT2D eigenvalue weighted by molar-refractivity contribution is 0.775. The predicted molar refractivity (Wildman–Crippen MR) is 101 cm³/mol. The number of nitrogens with one attached hydrogen (secondary N) is 1. The van der Waals surface area contributed by atoms with Crippen LogP contribution in [0.1, 0.15) is 18.3 Å². The van der Waals surface area contributed by atoms with E-state index in [1.165, 1.54) is 5.56 Å². The molecule has 0 aliphatic carbocycles. The number of halogens is 2. The molecule has 128 valence electrons. The summed E-state index contributed by atoms with van der Waals surface area (Å²) in [5, 5.41) is 17.1. The molecular formula is C17H16Cl2N6. The average Bonchev–Trinajstić information content (AvgIpc) is 3.09. The van der Waals surface area contributed by atoms with Crippen LogP contribution in [0.5, 0.6) is 0 Å². The maximum Gasteiger partial charge on any atom is 0.162 e. The highest BCUT2D eigenvalue weighted by molar-refractivity contribution is 6.36. The Balaban J connectivity index is 1.66. The second-order valence-corrected chi connectivity index (χ2v) is 6.12. The van der Waals surface area contributed by atoms with Crippen molar-refractivity contribution in [3.63, 3.8) is 0 Å². The van der Waals surface area contributed by atoms with E-state index in [1.54, 1.807) is 29.1 Å². The number of hydrogen-bond acceptors (Lipinski definition) is 5. The van der Waals surface area contributed by atoms with E-state index in [0.717, 1.165) is 12.1 Å². The molecule has 8 heteroatoms. The molecule has 25 heavy (non-hydrogen) atoms. The van der Waals surface area contributed by atoms with Crippen molar-refractivity contribution in [2.24, 2.45) is 5.10 Å². The number of tetrazole rings is 1. The average molecular weight is 375 g/mol. The molecule has 6 nitrogen and oxygen atoms in total. The first-order chi connectivity index (χ1) is 12.2. The molecule has 3 rings (SSSR count). The number of aryl methyl sites for hydroxylation is 1. The van der Waals surface area contributed by atoms with Crippen molar-refractivity contribution in [2.45, 2.75) is 19.8 Å². The minimum absolute atomic E-state index is 0.473. The van der Waals surface area contributed by atoms with Crippen molar-refractivity contribution >= 4 is 35.1 Å². The van der Waals surface area contributed by atoms with Gasteiger partial charge >= 0.3 is 0 Å². The van der Waals surface area contributed by atoms with Crippen molar-refractivity contribution in [3.05, 3.63) is 63.9 Å². The molecule has 1 N–H and O–H groups in total. The molecule has 0 aliphatic heterocycles. The lowest BCUT2D eigenvalue weighted by Crippen LogP contribution is -2.04. The molecule has 0 radical (unpaired) electrons. The smallest absolute Gasteiger partial charge is 0.162 e. The zero-order valence-electron chi connectivity index (χ0n) is 13.5. The van der Waals surface area contributed by atoms with Crippen LogP contribution in [0.25, 0.3) is 5.69 Å². The fourth-order valence-electron chi connectivity index (χ4n) is 2.23. The van der Waals surface area contributed by atoms with Crippen LogP contribution < -0.4 is 5.43 Å². The molecule has 0 spiro atoms. The molecule has 0 unspecified atom stereocenters. The molecule has 0 aliphatic rings. The Bertz CT molecular complexity index is 873. The van der Waals surface area contributed by atoms with Gasteiger partial charge in [-0.05, 0) is 52.7 Å². The molecule has 0 saturated carbocycles. The Morgan fingerprint density at radius 1 is 1.16 bits per heavy atom. The molecule has 0 atom stereocenters. The summed E-state index contributed by atoms with van der Waals surface area (Å²) in [6.45, 7) is 2.12. The third kappa shape index (κ3) is 4.35. The van der Waals surface area contributed by atoms with Crippen LogP contribution in [0.3, 0.4) is 0 Å². The Hall–Kier alpha value is -2.44. The summed E-state index contributed by atoms with van der Waals surface area (Å²) in [5.74, 6) is 0.692. The van der Waals surface area contributed by atoms with E-state index < -0.39 is 0 Å². The minimum atomic E-state index is 0.473. The lowest BCUT2D eigenvalue weighted by atomic mass is 10.1. The van der Waals surface area contributed by atoms with Gasteiger partial charge in [-0.15, -0.1) is 5.10 Å². The molecule has 0 amide bonds. The first-order valence-corrected chi connectivity index (χ1v) is 8.52. The van der Waals surface area contributed by atoms with Crippen LogP contribution in [0.2, 0.25) is 10.0 Å². The van der Waals surface area contributed by atoms with Gasteiger partial charge in [0.25, 0.3) is 0 Å². The Kier molecular flexibility index (Phi) is 5.63. The lowest BCUT2D eigenvalue weighted by Gasteiger charge is -2.04. The van der Waals surface area contributed by atoms with E-state index >= 15 is 0 Å². The van der Waals surface area contributed by atoms with Gasteiger partial charge in [-0.2, -0.15) is 9.78 Å². The molecule has 3 aromatic rings. The second-order valence-electron chi connectivity index (χ2n) is 5.28. The summed E-state index contributed by atoms with van der Waals surface area (Å²) in [7, 11) is 0. The monoisotopic (exact) mass is 374 g/mol. The summed E-state index contributed by atoms with van der Waals surface area (Å²) in [6, 6.07) is 13.3. The summed E-state index contributed by atoms with van der Waals surface area (Å²) in [6.07, 6.45) is 3.16. The van der Waals surface area contributed by atoms with Crippen molar-refractivity contribution in [2.75, 3.05) is 5.43 Å². The van der Waals surface area contributed by atoms with Gasteiger partial charge < -0.3 is 0 Å². The maximum absolute atomic E-state index is 6.08. The van der Waals surface area contributed by atoms with Crippen LogP contribution >= 0.6 is 23.2 Å². The van der Waals surface area contributed by atoms with Gasteiger partial charge in [0.2, 0.25) is 0 Å². The Morgan fingerprint density at radius 2 is 1.96 bits per heavy atom. The topological polar surface area (TPSA) is 68.0 Å². The predicted octanol–water partition coefficient (Wildman–Crippen LogP) is 4.17. The van der Waals surface area contributed by atoms with Crippen LogP contribution in [0.4, 0.5) is 5.69 Å². The molecule has 0 fully saturated rings. The van der Waals surface area contributed by atoms with Gasteiger partial charge in [0.15, 0.2) is 5.82 Å². The molecule has 0 saturated heterocycles. The number of nitrogens with zero attached hydrogens (tertiary/aromatic N) is 5. The number of aromatic nitrogens is 4. The molecule has 1 aromatic heterocycles. The third-order valence-corrected chi connectivity index (χ3v) is 4.15. The number of rotatable bonds is 6. The van der Waals surface area contributed by atoms with E-state index in [4.69, 9.17) is 23.2 Å². The maximum atomic E-state index is 6.08. The summed E-state index contributed by atoms with van der Waals surface area (Å²) < 4.78 is 1.70. The minimum Gasteiger partial charge on any atom is -0.277 e. The SMILES string of the molecule is CCc1ccc(-n2nnnc2C/C=N\Nc2ccc(Cl)cc2Cl)cc1. The fraction of sp³-hybridized carbons (Fsp3) is 0.176. The largest absolute Gasteiger partial charge is 0.277 e. The summed E-state index contributed by atoms with van der Waals surface area (Å²) >= 11 is 11.9. The second kappa shape index (κ2) is 8.09. The first-order valence-electron chi connectivity index (χ1n) is 7.76. The highest BCUT2D eigenvalue weighted by Gasteiger charge is 2.07. The number of hydrogen-bond donors (Lipinski definition) is 1. The van der Waals surface area contributed by atoms with E-state index in [9.17, 15) is 0 Å². The third-order valence-electron chi connectivity index (χ3n) is 3.60. The van der Waals surface area contributed by atoms with E-state index in [-0.39, 0.29) is 0 Å². The van der Waals surface area contributed by atoms with E-state index in [0.29, 0.717) is 28.0 Å². The van der Waals surface area contributed by atoms with Gasteiger partial charge in [0.05, 0.1) is 16.4 Å². The van der Waals surface area contributed by atoms with Crippen molar-refractivity contribution < 1.29 is 0 Å². The zero-order valence-corrected chi connectivity index (χ0v) is 15.0. The number of benzene rings is 2. The highest BCUT2D eigenvalue weighted by Crippen LogP contribution is 2.25. The number of anilines is 1. The van der Waals surface area contributed by atoms with Crippen molar-refractivity contribution in [1.29, 1.82) is 0 Å². The normalized spacial score (nSPS) is 11.2. The van der Waals surface area contributed by atoms with Gasteiger partial charge in [0, 0.05) is 17.7 Å². The van der Waals surface area contributed by atoms with E-state index in [1.807, 2.05) is 12.1 Å². The van der Waals surface area contributed by atoms with Gasteiger partial charge in [-0.1, -0.05) is 42.3 Å². The van der Waals surface area contributed by atoms with E-state index in [2.05, 4.69) is 45.1 Å². The van der Waals surface area contributed by atoms with Gasteiger partial charge in [0.1, 0.15) is 0 Å². The van der Waals surface area contributed by atoms with Crippen LogP contribution in [-0.4, -0.2) is 26.4 Å². The number of hydrazone groups is 1. The standard InChI is InChI=1S/C17H16Cl2N6/c1-2-12-3-6-14(7-4-12)25-17(22-23-24-25)9-10-20-21-16-8-5-13(18)11-15(16)19/h3-8,10-11,21H,2,9H2,1H3/b20-10-. The Morgan fingerprint density at radius 3 is 2.68 bits per heavy atom.